The predicted molar refractivity (Wildman–Crippen MR) is 64.1 cm³/mol. The first-order chi connectivity index (χ1) is 7.81. The minimum Gasteiger partial charge on any atom is -0.314 e. The fourth-order valence-electron chi connectivity index (χ4n) is 2.16. The van der Waals surface area contributed by atoms with Gasteiger partial charge in [-0.15, -0.1) is 0 Å². The van der Waals surface area contributed by atoms with Crippen LogP contribution in [0.15, 0.2) is 6.33 Å². The highest BCUT2D eigenvalue weighted by Crippen LogP contribution is 2.34. The van der Waals surface area contributed by atoms with E-state index in [0.717, 1.165) is 24.7 Å². The van der Waals surface area contributed by atoms with Crippen LogP contribution in [0.1, 0.15) is 38.4 Å². The van der Waals surface area contributed by atoms with Gasteiger partial charge in [0.05, 0.1) is 0 Å². The van der Waals surface area contributed by atoms with Gasteiger partial charge in [0.2, 0.25) is 0 Å². The van der Waals surface area contributed by atoms with E-state index in [0.29, 0.717) is 6.04 Å². The second-order valence-corrected chi connectivity index (χ2v) is 4.74. The zero-order valence-electron chi connectivity index (χ0n) is 10.3. The number of hydrogen-bond donors (Lipinski definition) is 1. The molecule has 4 nitrogen and oxygen atoms in total. The monoisotopic (exact) mass is 222 g/mol. The van der Waals surface area contributed by atoms with Crippen LogP contribution in [-0.4, -0.2) is 27.4 Å². The average molecular weight is 222 g/mol. The molecule has 0 bridgehead atoms. The van der Waals surface area contributed by atoms with Crippen LogP contribution in [-0.2, 0) is 13.5 Å². The lowest BCUT2D eigenvalue weighted by Gasteiger charge is -2.17. The standard InChI is InChI=1S/C12H22N4/c1-3-8-13-11(10-4-5-10)6-7-12-14-9-15-16(12)2/h9-11,13H,3-8H2,1-2H3. The maximum absolute atomic E-state index is 4.27. The predicted octanol–water partition coefficient (Wildman–Crippen LogP) is 1.53. The van der Waals surface area contributed by atoms with E-state index in [4.69, 9.17) is 0 Å². The Bertz CT molecular complexity index is 317. The molecule has 1 N–H and O–H groups in total. The summed E-state index contributed by atoms with van der Waals surface area (Å²) in [7, 11) is 1.97. The SMILES string of the molecule is CCCNC(CCc1ncnn1C)C1CC1. The van der Waals surface area contributed by atoms with Crippen LogP contribution < -0.4 is 5.32 Å². The van der Waals surface area contributed by atoms with Crippen LogP contribution in [0.4, 0.5) is 0 Å². The Balaban J connectivity index is 1.79. The highest BCUT2D eigenvalue weighted by Gasteiger charge is 2.30. The van der Waals surface area contributed by atoms with Crippen molar-refractivity contribution in [2.75, 3.05) is 6.54 Å². The van der Waals surface area contributed by atoms with Gasteiger partial charge in [-0.05, 0) is 38.1 Å². The lowest BCUT2D eigenvalue weighted by Crippen LogP contribution is -2.32. The molecule has 1 aromatic heterocycles. The molecule has 1 aliphatic carbocycles. The number of hydrogen-bond acceptors (Lipinski definition) is 3. The first kappa shape index (κ1) is 11.6. The maximum Gasteiger partial charge on any atom is 0.138 e. The quantitative estimate of drug-likeness (QED) is 0.760. The molecule has 4 heteroatoms. The first-order valence-corrected chi connectivity index (χ1v) is 6.37. The summed E-state index contributed by atoms with van der Waals surface area (Å²) in [4.78, 5) is 4.27. The topological polar surface area (TPSA) is 42.7 Å². The van der Waals surface area contributed by atoms with Crippen LogP contribution >= 0.6 is 0 Å². The van der Waals surface area contributed by atoms with E-state index in [2.05, 4.69) is 22.3 Å². The lowest BCUT2D eigenvalue weighted by atomic mass is 10.1. The van der Waals surface area contributed by atoms with Gasteiger partial charge in [0, 0.05) is 19.5 Å². The third-order valence-electron chi connectivity index (χ3n) is 3.33. The summed E-state index contributed by atoms with van der Waals surface area (Å²) < 4.78 is 1.88. The van der Waals surface area contributed by atoms with Crippen molar-refractivity contribution in [3.05, 3.63) is 12.2 Å². The van der Waals surface area contributed by atoms with Crippen molar-refractivity contribution < 1.29 is 0 Å². The van der Waals surface area contributed by atoms with E-state index in [1.165, 1.54) is 25.7 Å². The third-order valence-corrected chi connectivity index (χ3v) is 3.33. The van der Waals surface area contributed by atoms with E-state index >= 15 is 0 Å². The van der Waals surface area contributed by atoms with Gasteiger partial charge in [0.1, 0.15) is 12.2 Å². The van der Waals surface area contributed by atoms with E-state index in [9.17, 15) is 0 Å². The van der Waals surface area contributed by atoms with Crippen molar-refractivity contribution in [3.8, 4) is 0 Å². The van der Waals surface area contributed by atoms with Crippen LogP contribution in [0, 0.1) is 5.92 Å². The van der Waals surface area contributed by atoms with Crippen LogP contribution in [0.25, 0.3) is 0 Å². The molecular weight excluding hydrogens is 200 g/mol. The highest BCUT2D eigenvalue weighted by molar-refractivity contribution is 4.91. The highest BCUT2D eigenvalue weighted by atomic mass is 15.3. The van der Waals surface area contributed by atoms with Crippen molar-refractivity contribution >= 4 is 0 Å². The molecule has 0 amide bonds. The van der Waals surface area contributed by atoms with Crippen molar-refractivity contribution in [2.24, 2.45) is 13.0 Å². The van der Waals surface area contributed by atoms with Gasteiger partial charge >= 0.3 is 0 Å². The van der Waals surface area contributed by atoms with Gasteiger partial charge in [-0.3, -0.25) is 4.68 Å². The van der Waals surface area contributed by atoms with Crippen molar-refractivity contribution in [1.29, 1.82) is 0 Å². The molecule has 0 aromatic carbocycles. The minimum absolute atomic E-state index is 0.691. The summed E-state index contributed by atoms with van der Waals surface area (Å²) in [5, 5.41) is 7.76. The third kappa shape index (κ3) is 3.04. The van der Waals surface area contributed by atoms with Gasteiger partial charge in [-0.25, -0.2) is 4.98 Å². The van der Waals surface area contributed by atoms with Crippen LogP contribution in [0.2, 0.25) is 0 Å². The first-order valence-electron chi connectivity index (χ1n) is 6.37. The molecule has 1 saturated carbocycles. The van der Waals surface area contributed by atoms with Gasteiger partial charge in [0.25, 0.3) is 0 Å². The minimum atomic E-state index is 0.691. The number of nitrogens with one attached hydrogen (secondary N) is 1. The van der Waals surface area contributed by atoms with Gasteiger partial charge < -0.3 is 5.32 Å². The molecule has 0 radical (unpaired) electrons. The average Bonchev–Trinajstić information content (AvgIpc) is 3.04. The summed E-state index contributed by atoms with van der Waals surface area (Å²) in [6.07, 6.45) is 7.89. The zero-order chi connectivity index (χ0) is 11.4. The molecule has 1 heterocycles. The van der Waals surface area contributed by atoms with Gasteiger partial charge in [-0.1, -0.05) is 6.92 Å². The lowest BCUT2D eigenvalue weighted by molar-refractivity contribution is 0.429. The van der Waals surface area contributed by atoms with Crippen molar-refractivity contribution in [2.45, 2.75) is 45.1 Å². The molecule has 1 aromatic rings. The normalized spacial score (nSPS) is 17.6. The molecule has 0 saturated heterocycles. The molecular formula is C12H22N4. The van der Waals surface area contributed by atoms with Crippen LogP contribution in [0.5, 0.6) is 0 Å². The fourth-order valence-corrected chi connectivity index (χ4v) is 2.16. The van der Waals surface area contributed by atoms with Crippen LogP contribution in [0.3, 0.4) is 0 Å². The number of rotatable bonds is 7. The molecule has 2 rings (SSSR count). The molecule has 1 aliphatic rings. The molecule has 1 unspecified atom stereocenters. The Hall–Kier alpha value is -0.900. The van der Waals surface area contributed by atoms with E-state index in [1.807, 2.05) is 11.7 Å². The smallest absolute Gasteiger partial charge is 0.138 e. The Labute approximate surface area is 97.5 Å². The second-order valence-electron chi connectivity index (χ2n) is 4.74. The zero-order valence-corrected chi connectivity index (χ0v) is 10.3. The number of nitrogens with zero attached hydrogens (tertiary/aromatic N) is 3. The van der Waals surface area contributed by atoms with E-state index in [1.54, 1.807) is 6.33 Å². The van der Waals surface area contributed by atoms with Crippen molar-refractivity contribution in [3.63, 3.8) is 0 Å². The Morgan fingerprint density at radius 2 is 2.38 bits per heavy atom. The number of aromatic nitrogens is 3. The Morgan fingerprint density at radius 1 is 1.56 bits per heavy atom. The van der Waals surface area contributed by atoms with Gasteiger partial charge in [-0.2, -0.15) is 5.10 Å². The molecule has 1 atom stereocenters. The molecule has 0 spiro atoms. The molecule has 16 heavy (non-hydrogen) atoms. The molecule has 0 aliphatic heterocycles. The Kier molecular flexibility index (Phi) is 3.93. The van der Waals surface area contributed by atoms with Crippen molar-refractivity contribution in [1.82, 2.24) is 20.1 Å². The second kappa shape index (κ2) is 5.43. The summed E-state index contributed by atoms with van der Waals surface area (Å²) in [5.41, 5.74) is 0. The van der Waals surface area contributed by atoms with E-state index in [-0.39, 0.29) is 0 Å². The molecule has 1 fully saturated rings. The summed E-state index contributed by atoms with van der Waals surface area (Å²) in [6.45, 7) is 3.36. The molecule has 90 valence electrons. The fraction of sp³-hybridized carbons (Fsp3) is 0.833. The Morgan fingerprint density at radius 3 is 2.94 bits per heavy atom. The maximum atomic E-state index is 4.27. The summed E-state index contributed by atoms with van der Waals surface area (Å²) >= 11 is 0. The van der Waals surface area contributed by atoms with Gasteiger partial charge in [0.15, 0.2) is 0 Å². The summed E-state index contributed by atoms with van der Waals surface area (Å²) in [6, 6.07) is 0.691. The summed E-state index contributed by atoms with van der Waals surface area (Å²) in [5.74, 6) is 2.02. The number of aryl methyl sites for hydroxylation is 2. The van der Waals surface area contributed by atoms with E-state index < -0.39 is 0 Å². The largest absolute Gasteiger partial charge is 0.314 e.